The van der Waals surface area contributed by atoms with Gasteiger partial charge in [-0.05, 0) is 43.9 Å². The van der Waals surface area contributed by atoms with Crippen molar-refractivity contribution in [2.24, 2.45) is 5.73 Å². The van der Waals surface area contributed by atoms with Crippen LogP contribution in [-0.4, -0.2) is 18.5 Å². The van der Waals surface area contributed by atoms with E-state index in [1.165, 1.54) is 0 Å². The molecule has 1 aromatic rings. The van der Waals surface area contributed by atoms with Crippen LogP contribution in [0.2, 0.25) is 0 Å². The third kappa shape index (κ3) is 3.74. The quantitative estimate of drug-likeness (QED) is 0.846. The van der Waals surface area contributed by atoms with Crippen molar-refractivity contribution in [2.75, 3.05) is 6.54 Å². The Labute approximate surface area is 135 Å². The molecule has 0 bridgehead atoms. The molecule has 3 nitrogen and oxygen atoms in total. The van der Waals surface area contributed by atoms with E-state index in [1.54, 1.807) is 0 Å². The van der Waals surface area contributed by atoms with Crippen molar-refractivity contribution in [1.82, 2.24) is 5.32 Å². The van der Waals surface area contributed by atoms with Crippen LogP contribution in [0.3, 0.4) is 0 Å². The van der Waals surface area contributed by atoms with Crippen molar-refractivity contribution in [2.45, 2.75) is 44.1 Å². The Bertz CT molecular complexity index is 444. The van der Waals surface area contributed by atoms with Gasteiger partial charge in [-0.25, -0.2) is 0 Å². The Balaban J connectivity index is 0.00000200. The Morgan fingerprint density at radius 2 is 2.00 bits per heavy atom. The van der Waals surface area contributed by atoms with Gasteiger partial charge in [-0.1, -0.05) is 34.5 Å². The second-order valence-electron chi connectivity index (χ2n) is 5.46. The lowest BCUT2D eigenvalue weighted by Crippen LogP contribution is -2.49. The molecule has 1 aliphatic rings. The van der Waals surface area contributed by atoms with Crippen LogP contribution in [0, 0.1) is 0 Å². The molecular weight excluding hydrogens is 340 g/mol. The molecule has 112 valence electrons. The first kappa shape index (κ1) is 17.5. The highest BCUT2D eigenvalue weighted by Crippen LogP contribution is 2.44. The molecule has 0 aliphatic heterocycles. The van der Waals surface area contributed by atoms with Crippen molar-refractivity contribution >= 4 is 34.2 Å². The Morgan fingerprint density at radius 1 is 1.40 bits per heavy atom. The van der Waals surface area contributed by atoms with Gasteiger partial charge in [0, 0.05) is 17.1 Å². The molecule has 1 unspecified atom stereocenters. The van der Waals surface area contributed by atoms with Crippen LogP contribution in [0.1, 0.15) is 38.2 Å². The fourth-order valence-corrected chi connectivity index (χ4v) is 2.79. The predicted molar refractivity (Wildman–Crippen MR) is 88.2 cm³/mol. The summed E-state index contributed by atoms with van der Waals surface area (Å²) in [6.45, 7) is 2.62. The largest absolute Gasteiger partial charge is 0.355 e. The molecule has 0 aromatic heterocycles. The molecule has 0 heterocycles. The fraction of sp³-hybridized carbons (Fsp3) is 0.533. The van der Waals surface area contributed by atoms with Gasteiger partial charge in [0.05, 0.1) is 5.41 Å². The van der Waals surface area contributed by atoms with Gasteiger partial charge in [0.15, 0.2) is 0 Å². The number of hydrogen-bond acceptors (Lipinski definition) is 2. The standard InChI is InChI=1S/C15H21BrN2O.ClH/c1-11(17)7-10-18-14(19)15(8-2-9-15)12-3-5-13(16)6-4-12;/h3-6,11H,2,7-10,17H2,1H3,(H,18,19);1H. The summed E-state index contributed by atoms with van der Waals surface area (Å²) in [5, 5.41) is 3.04. The lowest BCUT2D eigenvalue weighted by Gasteiger charge is -2.40. The summed E-state index contributed by atoms with van der Waals surface area (Å²) >= 11 is 3.43. The van der Waals surface area contributed by atoms with Gasteiger partial charge in [0.25, 0.3) is 0 Å². The first-order valence-electron chi connectivity index (χ1n) is 6.84. The molecule has 5 heteroatoms. The van der Waals surface area contributed by atoms with Gasteiger partial charge in [0.1, 0.15) is 0 Å². The third-order valence-electron chi connectivity index (χ3n) is 3.92. The maximum Gasteiger partial charge on any atom is 0.230 e. The highest BCUT2D eigenvalue weighted by atomic mass is 79.9. The topological polar surface area (TPSA) is 55.1 Å². The maximum absolute atomic E-state index is 12.5. The summed E-state index contributed by atoms with van der Waals surface area (Å²) in [6, 6.07) is 8.24. The SMILES string of the molecule is CC(N)CCNC(=O)C1(c2ccc(Br)cc2)CCC1.Cl. The monoisotopic (exact) mass is 360 g/mol. The van der Waals surface area contributed by atoms with Gasteiger partial charge in [-0.2, -0.15) is 0 Å². The first-order chi connectivity index (χ1) is 9.04. The van der Waals surface area contributed by atoms with Crippen molar-refractivity contribution in [3.8, 4) is 0 Å². The van der Waals surface area contributed by atoms with Crippen molar-refractivity contribution in [3.05, 3.63) is 34.3 Å². The van der Waals surface area contributed by atoms with Crippen LogP contribution in [0.4, 0.5) is 0 Å². The zero-order valence-corrected chi connectivity index (χ0v) is 14.1. The number of rotatable bonds is 5. The van der Waals surface area contributed by atoms with Gasteiger partial charge in [0.2, 0.25) is 5.91 Å². The minimum absolute atomic E-state index is 0. The summed E-state index contributed by atoms with van der Waals surface area (Å²) in [4.78, 5) is 12.5. The minimum Gasteiger partial charge on any atom is -0.355 e. The average Bonchev–Trinajstić information content (AvgIpc) is 2.29. The van der Waals surface area contributed by atoms with Crippen LogP contribution in [0.15, 0.2) is 28.7 Å². The molecule has 20 heavy (non-hydrogen) atoms. The fourth-order valence-electron chi connectivity index (χ4n) is 2.53. The number of hydrogen-bond donors (Lipinski definition) is 2. The number of halogens is 2. The molecule has 1 aliphatic carbocycles. The number of nitrogens with one attached hydrogen (secondary N) is 1. The number of nitrogens with two attached hydrogens (primary N) is 1. The van der Waals surface area contributed by atoms with E-state index >= 15 is 0 Å². The highest BCUT2D eigenvalue weighted by molar-refractivity contribution is 9.10. The summed E-state index contributed by atoms with van der Waals surface area (Å²) in [5.74, 6) is 0.154. The number of carbonyl (C=O) groups is 1. The summed E-state index contributed by atoms with van der Waals surface area (Å²) < 4.78 is 1.04. The molecule has 2 rings (SSSR count). The van der Waals surface area contributed by atoms with Crippen LogP contribution >= 0.6 is 28.3 Å². The van der Waals surface area contributed by atoms with Gasteiger partial charge >= 0.3 is 0 Å². The summed E-state index contributed by atoms with van der Waals surface area (Å²) in [7, 11) is 0. The molecule has 0 spiro atoms. The molecule has 0 saturated heterocycles. The normalized spacial score (nSPS) is 17.6. The van der Waals surface area contributed by atoms with E-state index in [9.17, 15) is 4.79 Å². The molecule has 1 fully saturated rings. The van der Waals surface area contributed by atoms with Gasteiger partial charge in [-0.3, -0.25) is 4.79 Å². The van der Waals surface area contributed by atoms with E-state index in [0.29, 0.717) is 6.54 Å². The van der Waals surface area contributed by atoms with Crippen LogP contribution in [0.25, 0.3) is 0 Å². The highest BCUT2D eigenvalue weighted by Gasteiger charge is 2.45. The lowest BCUT2D eigenvalue weighted by atomic mass is 9.64. The molecule has 1 atom stereocenters. The van der Waals surface area contributed by atoms with E-state index in [2.05, 4.69) is 21.2 Å². The lowest BCUT2D eigenvalue weighted by molar-refractivity contribution is -0.129. The van der Waals surface area contributed by atoms with Crippen LogP contribution in [0.5, 0.6) is 0 Å². The second-order valence-corrected chi connectivity index (χ2v) is 6.38. The zero-order chi connectivity index (χ0) is 13.9. The summed E-state index contributed by atoms with van der Waals surface area (Å²) in [6.07, 6.45) is 3.83. The van der Waals surface area contributed by atoms with E-state index in [-0.39, 0.29) is 29.8 Å². The number of carbonyl (C=O) groups excluding carboxylic acids is 1. The van der Waals surface area contributed by atoms with Crippen molar-refractivity contribution in [3.63, 3.8) is 0 Å². The third-order valence-corrected chi connectivity index (χ3v) is 4.45. The summed E-state index contributed by atoms with van der Waals surface area (Å²) in [5.41, 5.74) is 6.52. The van der Waals surface area contributed by atoms with E-state index < -0.39 is 0 Å². The molecule has 1 aromatic carbocycles. The minimum atomic E-state index is -0.307. The van der Waals surface area contributed by atoms with E-state index in [0.717, 1.165) is 35.7 Å². The molecule has 0 radical (unpaired) electrons. The first-order valence-corrected chi connectivity index (χ1v) is 7.64. The van der Waals surface area contributed by atoms with E-state index in [4.69, 9.17) is 5.73 Å². The molecule has 1 amide bonds. The Kier molecular flexibility index (Phi) is 6.49. The van der Waals surface area contributed by atoms with E-state index in [1.807, 2.05) is 31.2 Å². The predicted octanol–water partition coefficient (Wildman–Crippen LogP) is 3.15. The van der Waals surface area contributed by atoms with Gasteiger partial charge < -0.3 is 11.1 Å². The van der Waals surface area contributed by atoms with Gasteiger partial charge in [-0.15, -0.1) is 12.4 Å². The molecular formula is C15H22BrClN2O. The Hall–Kier alpha value is -0.580. The molecule has 1 saturated carbocycles. The smallest absolute Gasteiger partial charge is 0.230 e. The zero-order valence-electron chi connectivity index (χ0n) is 11.7. The Morgan fingerprint density at radius 3 is 2.45 bits per heavy atom. The molecule has 3 N–H and O–H groups in total. The van der Waals surface area contributed by atoms with Crippen LogP contribution < -0.4 is 11.1 Å². The average molecular weight is 362 g/mol. The second kappa shape index (κ2) is 7.43. The maximum atomic E-state index is 12.5. The number of amides is 1. The van der Waals surface area contributed by atoms with Crippen molar-refractivity contribution < 1.29 is 4.79 Å². The van der Waals surface area contributed by atoms with Crippen LogP contribution in [-0.2, 0) is 10.2 Å². The number of benzene rings is 1. The van der Waals surface area contributed by atoms with Crippen molar-refractivity contribution in [1.29, 1.82) is 0 Å².